The third-order valence-electron chi connectivity index (χ3n) is 14.4. The number of aliphatic hydroxyl groups is 2. The van der Waals surface area contributed by atoms with E-state index in [1.54, 1.807) is 5.57 Å². The molecule has 2 nitrogen and oxygen atoms in total. The number of hydrogen-bond acceptors (Lipinski definition) is 2. The van der Waals surface area contributed by atoms with Crippen LogP contribution in [0.5, 0.6) is 0 Å². The Bertz CT molecular complexity index is 992. The van der Waals surface area contributed by atoms with Gasteiger partial charge in [-0.3, -0.25) is 0 Å². The third kappa shape index (κ3) is 10.6. The molecule has 47 heavy (non-hydrogen) atoms. The van der Waals surface area contributed by atoms with Gasteiger partial charge in [-0.2, -0.15) is 0 Å². The highest BCUT2D eigenvalue weighted by molar-refractivity contribution is 5.27. The number of aliphatic hydroxyl groups excluding tert-OH is 1. The minimum absolute atomic E-state index is 0.331. The summed E-state index contributed by atoms with van der Waals surface area (Å²) in [6.07, 6.45) is 41.9. The predicted octanol–water partition coefficient (Wildman–Crippen LogP) is 12.9. The van der Waals surface area contributed by atoms with Crippen molar-refractivity contribution in [1.82, 2.24) is 0 Å². The molecule has 0 aromatic heterocycles. The molecular formula is C45H78O2. The van der Waals surface area contributed by atoms with Crippen molar-refractivity contribution in [2.24, 2.45) is 46.3 Å². The summed E-state index contributed by atoms with van der Waals surface area (Å²) < 4.78 is 0. The van der Waals surface area contributed by atoms with Crippen molar-refractivity contribution in [3.8, 4) is 0 Å². The first-order chi connectivity index (χ1) is 22.6. The van der Waals surface area contributed by atoms with Gasteiger partial charge in [-0.25, -0.2) is 0 Å². The zero-order chi connectivity index (χ0) is 33.8. The van der Waals surface area contributed by atoms with Crippen molar-refractivity contribution in [3.05, 3.63) is 36.0 Å². The summed E-state index contributed by atoms with van der Waals surface area (Å²) in [5.74, 6) is 5.29. The molecule has 0 spiro atoms. The molecule has 0 aliphatic heterocycles. The van der Waals surface area contributed by atoms with Gasteiger partial charge in [0.1, 0.15) is 0 Å². The Morgan fingerprint density at radius 3 is 2.13 bits per heavy atom. The van der Waals surface area contributed by atoms with Gasteiger partial charge in [0.25, 0.3) is 0 Å². The van der Waals surface area contributed by atoms with Gasteiger partial charge in [-0.15, -0.1) is 0 Å². The molecule has 2 N–H and O–H groups in total. The van der Waals surface area contributed by atoms with Gasteiger partial charge in [-0.1, -0.05) is 128 Å². The topological polar surface area (TPSA) is 40.5 Å². The van der Waals surface area contributed by atoms with E-state index in [0.717, 1.165) is 74.0 Å². The summed E-state index contributed by atoms with van der Waals surface area (Å²) in [5.41, 5.74) is 2.06. The Hall–Kier alpha value is -0.860. The summed E-state index contributed by atoms with van der Waals surface area (Å²) in [5, 5.41) is 20.6. The second-order valence-corrected chi connectivity index (χ2v) is 18.1. The molecule has 0 heterocycles. The summed E-state index contributed by atoms with van der Waals surface area (Å²) in [6.45, 7) is 13.0. The van der Waals surface area contributed by atoms with E-state index in [1.165, 1.54) is 116 Å². The molecule has 4 aliphatic carbocycles. The van der Waals surface area contributed by atoms with Crippen LogP contribution in [0.15, 0.2) is 36.0 Å². The van der Waals surface area contributed by atoms with Crippen molar-refractivity contribution in [2.45, 2.75) is 194 Å². The molecule has 0 bridgehead atoms. The van der Waals surface area contributed by atoms with Crippen LogP contribution in [0.1, 0.15) is 189 Å². The molecule has 0 amide bonds. The Kier molecular flexibility index (Phi) is 15.7. The van der Waals surface area contributed by atoms with Crippen molar-refractivity contribution in [1.29, 1.82) is 0 Å². The summed E-state index contributed by atoms with van der Waals surface area (Å²) in [7, 11) is 0. The van der Waals surface area contributed by atoms with E-state index >= 15 is 0 Å². The fraction of sp³-hybridized carbons (Fsp3) is 0.867. The Labute approximate surface area is 292 Å². The van der Waals surface area contributed by atoms with Crippen LogP contribution in [-0.4, -0.2) is 22.4 Å². The highest BCUT2D eigenvalue weighted by Gasteiger charge is 2.59. The van der Waals surface area contributed by atoms with Crippen molar-refractivity contribution in [3.63, 3.8) is 0 Å². The Morgan fingerprint density at radius 1 is 0.745 bits per heavy atom. The zero-order valence-corrected chi connectivity index (χ0v) is 31.9. The van der Waals surface area contributed by atoms with E-state index in [4.69, 9.17) is 5.11 Å². The molecule has 0 saturated heterocycles. The van der Waals surface area contributed by atoms with Gasteiger partial charge in [0, 0.05) is 6.61 Å². The quantitative estimate of drug-likeness (QED) is 0.0958. The van der Waals surface area contributed by atoms with Gasteiger partial charge >= 0.3 is 0 Å². The van der Waals surface area contributed by atoms with E-state index < -0.39 is 5.60 Å². The van der Waals surface area contributed by atoms with Crippen LogP contribution >= 0.6 is 0 Å². The Morgan fingerprint density at radius 2 is 1.43 bits per heavy atom. The smallest absolute Gasteiger partial charge is 0.0685 e. The van der Waals surface area contributed by atoms with Crippen molar-refractivity contribution in [2.75, 3.05) is 6.61 Å². The summed E-state index contributed by atoms with van der Waals surface area (Å²) in [4.78, 5) is 0. The van der Waals surface area contributed by atoms with Gasteiger partial charge in [-0.05, 0) is 143 Å². The molecule has 2 heteroatoms. The van der Waals surface area contributed by atoms with Crippen LogP contribution < -0.4 is 0 Å². The predicted molar refractivity (Wildman–Crippen MR) is 203 cm³/mol. The maximum absolute atomic E-state index is 11.8. The van der Waals surface area contributed by atoms with Crippen LogP contribution in [-0.2, 0) is 0 Å². The van der Waals surface area contributed by atoms with Gasteiger partial charge in [0.05, 0.1) is 5.60 Å². The van der Waals surface area contributed by atoms with E-state index in [1.807, 2.05) is 0 Å². The van der Waals surface area contributed by atoms with Crippen molar-refractivity contribution < 1.29 is 10.2 Å². The Balaban J connectivity index is 1.14. The maximum Gasteiger partial charge on any atom is 0.0685 e. The molecule has 4 aliphatic rings. The molecule has 3 fully saturated rings. The highest BCUT2D eigenvalue weighted by Crippen LogP contribution is 2.68. The lowest BCUT2D eigenvalue weighted by atomic mass is 9.46. The van der Waals surface area contributed by atoms with Crippen molar-refractivity contribution >= 4 is 0 Å². The van der Waals surface area contributed by atoms with Crippen LogP contribution in [0.2, 0.25) is 0 Å². The van der Waals surface area contributed by atoms with Crippen LogP contribution in [0.25, 0.3) is 0 Å². The minimum Gasteiger partial charge on any atom is -0.396 e. The molecule has 4 rings (SSSR count). The molecule has 0 aromatic carbocycles. The largest absolute Gasteiger partial charge is 0.396 e. The van der Waals surface area contributed by atoms with Crippen LogP contribution in [0.3, 0.4) is 0 Å². The van der Waals surface area contributed by atoms with Crippen LogP contribution in [0, 0.1) is 46.3 Å². The lowest BCUT2D eigenvalue weighted by molar-refractivity contribution is -0.0771. The number of unbranched alkanes of at least 4 members (excludes halogenated alkanes) is 9. The zero-order valence-electron chi connectivity index (χ0n) is 31.9. The molecular weight excluding hydrogens is 572 g/mol. The lowest BCUT2D eigenvalue weighted by Gasteiger charge is -2.59. The number of fused-ring (bicyclic) bond motifs is 5. The second-order valence-electron chi connectivity index (χ2n) is 18.1. The second kappa shape index (κ2) is 18.9. The first kappa shape index (κ1) is 38.9. The average molecular weight is 651 g/mol. The fourth-order valence-corrected chi connectivity index (χ4v) is 11.4. The molecule has 0 aromatic rings. The molecule has 0 radical (unpaired) electrons. The molecule has 3 saturated carbocycles. The van der Waals surface area contributed by atoms with E-state index in [-0.39, 0.29) is 0 Å². The third-order valence-corrected chi connectivity index (χ3v) is 14.4. The maximum atomic E-state index is 11.8. The first-order valence-electron chi connectivity index (χ1n) is 21.0. The summed E-state index contributed by atoms with van der Waals surface area (Å²) in [6, 6.07) is 0. The van der Waals surface area contributed by atoms with E-state index in [0.29, 0.717) is 17.4 Å². The normalized spacial score (nSPS) is 34.5. The fourth-order valence-electron chi connectivity index (χ4n) is 11.4. The van der Waals surface area contributed by atoms with Gasteiger partial charge in [0.2, 0.25) is 0 Å². The minimum atomic E-state index is -0.467. The molecule has 8 atom stereocenters. The van der Waals surface area contributed by atoms with Gasteiger partial charge in [0.15, 0.2) is 0 Å². The monoisotopic (exact) mass is 651 g/mol. The summed E-state index contributed by atoms with van der Waals surface area (Å²) >= 11 is 0. The SMILES string of the molecule is CC(C)CCC[C@@H](C)[C@H]1CC[C@H]2[C@@H]3CC=C4CC(O)(CCCCC/C=C\C/C=C\CCCCCCCCO)CC[C@]4(C)[C@H]3CC[C@]12C. The number of rotatable bonds is 21. The van der Waals surface area contributed by atoms with E-state index in [9.17, 15) is 5.11 Å². The van der Waals surface area contributed by atoms with Crippen LogP contribution in [0.4, 0.5) is 0 Å². The molecule has 1 unspecified atom stereocenters. The first-order valence-corrected chi connectivity index (χ1v) is 21.0. The van der Waals surface area contributed by atoms with E-state index in [2.05, 4.69) is 65.0 Å². The average Bonchev–Trinajstić information content (AvgIpc) is 3.40. The number of hydrogen-bond donors (Lipinski definition) is 2. The van der Waals surface area contributed by atoms with Gasteiger partial charge < -0.3 is 10.2 Å². The standard InChI is InChI=1S/C45H78O2/c1-36(2)23-22-24-37(3)40-27-28-41-39-26-25-38-35-45(47,33-32-43(38,4)42(39)29-31-44(40,41)5)30-20-18-16-14-12-10-8-6-7-9-11-13-15-17-19-21-34-46/h6-7,10,12,25,36-37,39-42,46-47H,8-9,11,13-24,26-35H2,1-5H3/b7-6-,12-10-/t37-,39+,40-,41+,42+,43+,44-,45?/m1/s1. The molecule has 270 valence electrons. The lowest BCUT2D eigenvalue weighted by Crippen LogP contribution is -2.52. The highest BCUT2D eigenvalue weighted by atomic mass is 16.3. The number of allylic oxidation sites excluding steroid dienone is 5.